The van der Waals surface area contributed by atoms with E-state index in [1.165, 1.54) is 0 Å². The van der Waals surface area contributed by atoms with E-state index in [9.17, 15) is 9.59 Å². The van der Waals surface area contributed by atoms with Crippen LogP contribution < -0.4 is 10.6 Å². The summed E-state index contributed by atoms with van der Waals surface area (Å²) in [5.74, 6) is -0.144. The molecule has 0 saturated carbocycles. The highest BCUT2D eigenvalue weighted by atomic mass is 79.9. The van der Waals surface area contributed by atoms with Crippen LogP contribution in [-0.4, -0.2) is 11.8 Å². The fraction of sp³-hybridized carbons (Fsp3) is 0.300. The van der Waals surface area contributed by atoms with Crippen LogP contribution in [0.4, 0.5) is 5.69 Å². The largest absolute Gasteiger partial charge is 0.348 e. The lowest BCUT2D eigenvalue weighted by molar-refractivity contribution is -0.116. The average molecular weight is 403 g/mol. The average Bonchev–Trinajstić information content (AvgIpc) is 2.61. The normalized spacial score (nSPS) is 10.3. The molecule has 0 aliphatic heterocycles. The summed E-state index contributed by atoms with van der Waals surface area (Å²) < 4.78 is 0.755. The Morgan fingerprint density at radius 2 is 1.72 bits per heavy atom. The third-order valence-electron chi connectivity index (χ3n) is 3.86. The molecule has 0 fully saturated rings. The SMILES string of the molecule is CCCCCC(=O)Nc1ccccc1CNC(=O)c1ccccc1Br. The summed E-state index contributed by atoms with van der Waals surface area (Å²) in [5.41, 5.74) is 2.21. The molecule has 2 aromatic carbocycles. The van der Waals surface area contributed by atoms with E-state index in [-0.39, 0.29) is 11.8 Å². The van der Waals surface area contributed by atoms with E-state index in [4.69, 9.17) is 0 Å². The van der Waals surface area contributed by atoms with E-state index in [0.717, 1.165) is 35.0 Å². The highest BCUT2D eigenvalue weighted by molar-refractivity contribution is 9.10. The monoisotopic (exact) mass is 402 g/mol. The van der Waals surface area contributed by atoms with Crippen molar-refractivity contribution >= 4 is 33.4 Å². The molecular formula is C20H23BrN2O2. The molecule has 132 valence electrons. The summed E-state index contributed by atoms with van der Waals surface area (Å²) in [7, 11) is 0. The minimum Gasteiger partial charge on any atom is -0.348 e. The molecule has 0 heterocycles. The zero-order valence-electron chi connectivity index (χ0n) is 14.3. The first-order valence-corrected chi connectivity index (χ1v) is 9.31. The van der Waals surface area contributed by atoms with Crippen LogP contribution >= 0.6 is 15.9 Å². The molecule has 25 heavy (non-hydrogen) atoms. The molecular weight excluding hydrogens is 380 g/mol. The fourth-order valence-electron chi connectivity index (χ4n) is 2.46. The summed E-state index contributed by atoms with van der Waals surface area (Å²) in [6.45, 7) is 2.46. The predicted molar refractivity (Wildman–Crippen MR) is 105 cm³/mol. The Hall–Kier alpha value is -2.14. The Kier molecular flexibility index (Phi) is 7.67. The first kappa shape index (κ1) is 19.2. The van der Waals surface area contributed by atoms with Gasteiger partial charge in [-0.3, -0.25) is 9.59 Å². The van der Waals surface area contributed by atoms with Gasteiger partial charge >= 0.3 is 0 Å². The number of rotatable bonds is 8. The molecule has 0 spiro atoms. The molecule has 2 N–H and O–H groups in total. The van der Waals surface area contributed by atoms with Gasteiger partial charge in [-0.25, -0.2) is 0 Å². The first-order chi connectivity index (χ1) is 12.1. The van der Waals surface area contributed by atoms with E-state index in [0.29, 0.717) is 18.5 Å². The van der Waals surface area contributed by atoms with Crippen LogP contribution in [0.15, 0.2) is 53.0 Å². The molecule has 0 atom stereocenters. The zero-order chi connectivity index (χ0) is 18.1. The van der Waals surface area contributed by atoms with E-state index >= 15 is 0 Å². The Labute approximate surface area is 157 Å². The lowest BCUT2D eigenvalue weighted by atomic mass is 10.1. The lowest BCUT2D eigenvalue weighted by Gasteiger charge is -2.12. The molecule has 0 unspecified atom stereocenters. The van der Waals surface area contributed by atoms with Crippen LogP contribution in [-0.2, 0) is 11.3 Å². The second kappa shape index (κ2) is 9.99. The molecule has 2 amide bonds. The second-order valence-corrected chi connectivity index (χ2v) is 6.68. The number of anilines is 1. The van der Waals surface area contributed by atoms with Gasteiger partial charge in [0.25, 0.3) is 5.91 Å². The maximum absolute atomic E-state index is 12.3. The van der Waals surface area contributed by atoms with Gasteiger partial charge in [-0.2, -0.15) is 0 Å². The van der Waals surface area contributed by atoms with Crippen molar-refractivity contribution < 1.29 is 9.59 Å². The molecule has 2 aromatic rings. The highest BCUT2D eigenvalue weighted by Gasteiger charge is 2.11. The van der Waals surface area contributed by atoms with Crippen LogP contribution in [0.2, 0.25) is 0 Å². The maximum atomic E-state index is 12.3. The second-order valence-electron chi connectivity index (χ2n) is 5.82. The predicted octanol–water partition coefficient (Wildman–Crippen LogP) is 4.90. The van der Waals surface area contributed by atoms with Gasteiger partial charge in [-0.05, 0) is 46.1 Å². The van der Waals surface area contributed by atoms with Gasteiger partial charge in [0.2, 0.25) is 5.91 Å². The minimum absolute atomic E-state index is 0.0121. The molecule has 0 radical (unpaired) electrons. The number of nitrogens with one attached hydrogen (secondary N) is 2. The van der Waals surface area contributed by atoms with Crippen molar-refractivity contribution in [2.45, 2.75) is 39.2 Å². The highest BCUT2D eigenvalue weighted by Crippen LogP contribution is 2.18. The van der Waals surface area contributed by atoms with E-state index in [1.807, 2.05) is 42.5 Å². The number of carbonyl (C=O) groups is 2. The third-order valence-corrected chi connectivity index (χ3v) is 4.55. The molecule has 2 rings (SSSR count). The first-order valence-electron chi connectivity index (χ1n) is 8.52. The van der Waals surface area contributed by atoms with E-state index in [1.54, 1.807) is 6.07 Å². The van der Waals surface area contributed by atoms with Gasteiger partial charge in [0.05, 0.1) is 5.56 Å². The summed E-state index contributed by atoms with van der Waals surface area (Å²) in [6.07, 6.45) is 3.55. The van der Waals surface area contributed by atoms with Crippen molar-refractivity contribution in [2.75, 3.05) is 5.32 Å². The topological polar surface area (TPSA) is 58.2 Å². The quantitative estimate of drug-likeness (QED) is 0.616. The molecule has 0 aliphatic rings. The van der Waals surface area contributed by atoms with Gasteiger partial charge in [-0.15, -0.1) is 0 Å². The zero-order valence-corrected chi connectivity index (χ0v) is 15.9. The smallest absolute Gasteiger partial charge is 0.252 e. The molecule has 0 aliphatic carbocycles. The number of unbranched alkanes of at least 4 members (excludes halogenated alkanes) is 2. The van der Waals surface area contributed by atoms with Gasteiger partial charge in [0.15, 0.2) is 0 Å². The lowest BCUT2D eigenvalue weighted by Crippen LogP contribution is -2.24. The molecule has 0 bridgehead atoms. The summed E-state index contributed by atoms with van der Waals surface area (Å²) in [4.78, 5) is 24.4. The van der Waals surface area contributed by atoms with Crippen LogP contribution in [0.25, 0.3) is 0 Å². The number of para-hydroxylation sites is 1. The maximum Gasteiger partial charge on any atom is 0.252 e. The Morgan fingerprint density at radius 3 is 2.48 bits per heavy atom. The van der Waals surface area contributed by atoms with Crippen molar-refractivity contribution in [1.29, 1.82) is 0 Å². The summed E-state index contributed by atoms with van der Waals surface area (Å²) in [6, 6.07) is 14.8. The van der Waals surface area contributed by atoms with Crippen LogP contribution in [0, 0.1) is 0 Å². The van der Waals surface area contributed by atoms with Gasteiger partial charge in [0.1, 0.15) is 0 Å². The van der Waals surface area contributed by atoms with Crippen LogP contribution in [0.1, 0.15) is 48.5 Å². The van der Waals surface area contributed by atoms with Crippen LogP contribution in [0.5, 0.6) is 0 Å². The number of amides is 2. The van der Waals surface area contributed by atoms with Crippen molar-refractivity contribution in [3.05, 3.63) is 64.1 Å². The fourth-order valence-corrected chi connectivity index (χ4v) is 2.93. The summed E-state index contributed by atoms with van der Waals surface area (Å²) in [5, 5.41) is 5.85. The van der Waals surface area contributed by atoms with Gasteiger partial charge < -0.3 is 10.6 Å². The minimum atomic E-state index is -0.156. The number of carbonyl (C=O) groups excluding carboxylic acids is 2. The molecule has 4 nitrogen and oxygen atoms in total. The van der Waals surface area contributed by atoms with Crippen molar-refractivity contribution in [1.82, 2.24) is 5.32 Å². The Morgan fingerprint density at radius 1 is 1.00 bits per heavy atom. The van der Waals surface area contributed by atoms with E-state index < -0.39 is 0 Å². The van der Waals surface area contributed by atoms with Gasteiger partial charge in [0, 0.05) is 23.1 Å². The molecule has 0 aromatic heterocycles. The number of benzene rings is 2. The third kappa shape index (κ3) is 6.02. The number of hydrogen-bond acceptors (Lipinski definition) is 2. The van der Waals surface area contributed by atoms with Crippen LogP contribution in [0.3, 0.4) is 0 Å². The van der Waals surface area contributed by atoms with Crippen molar-refractivity contribution in [3.8, 4) is 0 Å². The Balaban J connectivity index is 1.97. The van der Waals surface area contributed by atoms with Crippen molar-refractivity contribution in [2.24, 2.45) is 0 Å². The summed E-state index contributed by atoms with van der Waals surface area (Å²) >= 11 is 3.38. The molecule has 0 saturated heterocycles. The van der Waals surface area contributed by atoms with Gasteiger partial charge in [-0.1, -0.05) is 50.1 Å². The van der Waals surface area contributed by atoms with E-state index in [2.05, 4.69) is 33.5 Å². The standard InChI is InChI=1S/C20H23BrN2O2/c1-2-3-4-13-19(24)23-18-12-8-5-9-15(18)14-22-20(25)16-10-6-7-11-17(16)21/h5-12H,2-4,13-14H2,1H3,(H,22,25)(H,23,24). The Bertz CT molecular complexity index is 731. The number of halogens is 1. The van der Waals surface area contributed by atoms with Crippen molar-refractivity contribution in [3.63, 3.8) is 0 Å². The number of hydrogen-bond donors (Lipinski definition) is 2. The molecule has 5 heteroatoms.